The summed E-state index contributed by atoms with van der Waals surface area (Å²) in [6.45, 7) is 7.91. The SMILES string of the molecule is CC(C)(C)C(=O)N1CCCN(C(=O)c2ccc(=O)[nH]n2)CC1. The van der Waals surface area contributed by atoms with Crippen molar-refractivity contribution in [2.45, 2.75) is 27.2 Å². The topological polar surface area (TPSA) is 86.4 Å². The molecular formula is C15H22N4O3. The first-order valence-corrected chi connectivity index (χ1v) is 7.43. The van der Waals surface area contributed by atoms with Crippen LogP contribution in [0.1, 0.15) is 37.7 Å². The maximum Gasteiger partial charge on any atom is 0.274 e. The normalized spacial score (nSPS) is 16.3. The number of carbonyl (C=O) groups is 2. The number of rotatable bonds is 1. The van der Waals surface area contributed by atoms with E-state index in [0.717, 1.165) is 6.42 Å². The molecule has 1 aromatic heterocycles. The van der Waals surface area contributed by atoms with Gasteiger partial charge in [0.1, 0.15) is 5.69 Å². The molecule has 0 saturated carbocycles. The smallest absolute Gasteiger partial charge is 0.274 e. The van der Waals surface area contributed by atoms with Crippen LogP contribution >= 0.6 is 0 Å². The van der Waals surface area contributed by atoms with Gasteiger partial charge in [-0.05, 0) is 12.5 Å². The zero-order valence-electron chi connectivity index (χ0n) is 13.3. The lowest BCUT2D eigenvalue weighted by atomic mass is 9.94. The van der Waals surface area contributed by atoms with Gasteiger partial charge in [0, 0.05) is 37.7 Å². The van der Waals surface area contributed by atoms with Crippen LogP contribution in [0.4, 0.5) is 0 Å². The van der Waals surface area contributed by atoms with Crippen molar-refractivity contribution < 1.29 is 9.59 Å². The predicted molar refractivity (Wildman–Crippen MR) is 81.4 cm³/mol. The third-order valence-corrected chi connectivity index (χ3v) is 3.61. The molecule has 2 amide bonds. The van der Waals surface area contributed by atoms with Crippen molar-refractivity contribution >= 4 is 11.8 Å². The molecule has 0 atom stereocenters. The van der Waals surface area contributed by atoms with Crippen molar-refractivity contribution in [1.82, 2.24) is 20.0 Å². The lowest BCUT2D eigenvalue weighted by Crippen LogP contribution is -2.42. The van der Waals surface area contributed by atoms with E-state index in [1.807, 2.05) is 25.7 Å². The molecule has 7 heteroatoms. The number of carbonyl (C=O) groups excluding carboxylic acids is 2. The molecule has 0 spiro atoms. The maximum absolute atomic E-state index is 12.4. The summed E-state index contributed by atoms with van der Waals surface area (Å²) in [6.07, 6.45) is 0.733. The second-order valence-corrected chi connectivity index (χ2v) is 6.49. The van der Waals surface area contributed by atoms with Crippen molar-refractivity contribution in [2.75, 3.05) is 26.2 Å². The fraction of sp³-hybridized carbons (Fsp3) is 0.600. The van der Waals surface area contributed by atoms with Gasteiger partial charge in [0.15, 0.2) is 0 Å². The van der Waals surface area contributed by atoms with Crippen molar-refractivity contribution in [3.05, 3.63) is 28.2 Å². The molecule has 0 aliphatic carbocycles. The number of amides is 2. The number of hydrogen-bond acceptors (Lipinski definition) is 4. The fourth-order valence-corrected chi connectivity index (χ4v) is 2.42. The number of nitrogens with zero attached hydrogens (tertiary/aromatic N) is 3. The van der Waals surface area contributed by atoms with Gasteiger partial charge in [-0.25, -0.2) is 5.10 Å². The minimum Gasteiger partial charge on any atom is -0.340 e. The average Bonchev–Trinajstić information content (AvgIpc) is 2.71. The molecule has 22 heavy (non-hydrogen) atoms. The summed E-state index contributed by atoms with van der Waals surface area (Å²) in [5, 5.41) is 6.03. The third kappa shape index (κ3) is 3.72. The van der Waals surface area contributed by atoms with E-state index in [1.165, 1.54) is 12.1 Å². The van der Waals surface area contributed by atoms with Gasteiger partial charge >= 0.3 is 0 Å². The van der Waals surface area contributed by atoms with Crippen molar-refractivity contribution in [3.63, 3.8) is 0 Å². The second kappa shape index (κ2) is 6.29. The summed E-state index contributed by atoms with van der Waals surface area (Å²) in [4.78, 5) is 39.2. The fourth-order valence-electron chi connectivity index (χ4n) is 2.42. The van der Waals surface area contributed by atoms with Crippen LogP contribution in [0.25, 0.3) is 0 Å². The van der Waals surface area contributed by atoms with E-state index >= 15 is 0 Å². The molecule has 2 rings (SSSR count). The molecule has 1 aliphatic heterocycles. The van der Waals surface area contributed by atoms with Gasteiger partial charge in [-0.1, -0.05) is 20.8 Å². The molecule has 1 N–H and O–H groups in total. The Kier molecular flexibility index (Phi) is 4.63. The maximum atomic E-state index is 12.4. The summed E-state index contributed by atoms with van der Waals surface area (Å²) in [5.41, 5.74) is -0.538. The zero-order chi connectivity index (χ0) is 16.3. The second-order valence-electron chi connectivity index (χ2n) is 6.49. The van der Waals surface area contributed by atoms with Crippen LogP contribution in [-0.2, 0) is 4.79 Å². The monoisotopic (exact) mass is 306 g/mol. The summed E-state index contributed by atoms with van der Waals surface area (Å²) in [6, 6.07) is 2.71. The Morgan fingerprint density at radius 3 is 2.32 bits per heavy atom. The van der Waals surface area contributed by atoms with Crippen LogP contribution in [0.3, 0.4) is 0 Å². The van der Waals surface area contributed by atoms with Gasteiger partial charge in [0.05, 0.1) is 0 Å². The average molecular weight is 306 g/mol. The number of hydrogen-bond donors (Lipinski definition) is 1. The van der Waals surface area contributed by atoms with E-state index in [2.05, 4.69) is 10.2 Å². The van der Waals surface area contributed by atoms with Gasteiger partial charge < -0.3 is 9.80 Å². The predicted octanol–water partition coefficient (Wildman–Crippen LogP) is 0.491. The van der Waals surface area contributed by atoms with Gasteiger partial charge in [-0.15, -0.1) is 0 Å². The molecule has 1 aromatic rings. The van der Waals surface area contributed by atoms with E-state index < -0.39 is 5.41 Å². The molecule has 1 saturated heterocycles. The number of nitrogens with one attached hydrogen (secondary N) is 1. The molecule has 0 aromatic carbocycles. The van der Waals surface area contributed by atoms with Crippen LogP contribution < -0.4 is 5.56 Å². The first-order chi connectivity index (χ1) is 10.3. The van der Waals surface area contributed by atoms with E-state index in [9.17, 15) is 14.4 Å². The summed E-state index contributed by atoms with van der Waals surface area (Å²) < 4.78 is 0. The molecule has 0 radical (unpaired) electrons. The lowest BCUT2D eigenvalue weighted by Gasteiger charge is -2.28. The Bertz CT molecular complexity index is 597. The standard InChI is InChI=1S/C15H22N4O3/c1-15(2,3)14(22)19-8-4-7-18(9-10-19)13(21)11-5-6-12(20)17-16-11/h5-6H,4,7-10H2,1-3H3,(H,17,20). The van der Waals surface area contributed by atoms with Crippen LogP contribution in [-0.4, -0.2) is 58.0 Å². The highest BCUT2D eigenvalue weighted by Crippen LogP contribution is 2.19. The zero-order valence-corrected chi connectivity index (χ0v) is 13.3. The quantitative estimate of drug-likeness (QED) is 0.818. The van der Waals surface area contributed by atoms with E-state index in [1.54, 1.807) is 4.90 Å². The van der Waals surface area contributed by atoms with Crippen molar-refractivity contribution in [2.24, 2.45) is 5.41 Å². The summed E-state index contributed by atoms with van der Waals surface area (Å²) in [5.74, 6) is -0.120. The van der Waals surface area contributed by atoms with Crippen LogP contribution in [0, 0.1) is 5.41 Å². The van der Waals surface area contributed by atoms with Gasteiger partial charge in [-0.3, -0.25) is 14.4 Å². The summed E-state index contributed by atoms with van der Waals surface area (Å²) in [7, 11) is 0. The molecule has 2 heterocycles. The van der Waals surface area contributed by atoms with Crippen LogP contribution in [0.5, 0.6) is 0 Å². The van der Waals surface area contributed by atoms with Crippen LogP contribution in [0.2, 0.25) is 0 Å². The first-order valence-electron chi connectivity index (χ1n) is 7.43. The van der Waals surface area contributed by atoms with Crippen molar-refractivity contribution in [1.29, 1.82) is 0 Å². The lowest BCUT2D eigenvalue weighted by molar-refractivity contribution is -0.139. The minimum atomic E-state index is -0.417. The van der Waals surface area contributed by atoms with E-state index in [4.69, 9.17) is 0 Å². The van der Waals surface area contributed by atoms with Gasteiger partial charge in [-0.2, -0.15) is 5.10 Å². The molecule has 120 valence electrons. The van der Waals surface area contributed by atoms with Gasteiger partial charge in [0.2, 0.25) is 5.91 Å². The molecule has 7 nitrogen and oxygen atoms in total. The highest BCUT2D eigenvalue weighted by molar-refractivity contribution is 5.92. The molecule has 1 fully saturated rings. The number of aromatic amines is 1. The Morgan fingerprint density at radius 1 is 1.09 bits per heavy atom. The van der Waals surface area contributed by atoms with E-state index in [-0.39, 0.29) is 23.1 Å². The highest BCUT2D eigenvalue weighted by atomic mass is 16.2. The van der Waals surface area contributed by atoms with Crippen LogP contribution in [0.15, 0.2) is 16.9 Å². The summed E-state index contributed by atoms with van der Waals surface area (Å²) >= 11 is 0. The molecule has 0 bridgehead atoms. The van der Waals surface area contributed by atoms with Gasteiger partial charge in [0.25, 0.3) is 11.5 Å². The minimum absolute atomic E-state index is 0.101. The van der Waals surface area contributed by atoms with E-state index in [0.29, 0.717) is 26.2 Å². The first kappa shape index (κ1) is 16.2. The Morgan fingerprint density at radius 2 is 1.73 bits per heavy atom. The largest absolute Gasteiger partial charge is 0.340 e. The molecule has 1 aliphatic rings. The Labute approximate surface area is 129 Å². The third-order valence-electron chi connectivity index (χ3n) is 3.61. The number of H-pyrrole nitrogens is 1. The highest BCUT2D eigenvalue weighted by Gasteiger charge is 2.29. The van der Waals surface area contributed by atoms with Crippen molar-refractivity contribution in [3.8, 4) is 0 Å². The molecular weight excluding hydrogens is 284 g/mol. The Balaban J connectivity index is 2.04. The molecule has 0 unspecified atom stereocenters. The number of aromatic nitrogens is 2. The Hall–Kier alpha value is -2.18.